The zero-order valence-electron chi connectivity index (χ0n) is 11.5. The summed E-state index contributed by atoms with van der Waals surface area (Å²) in [6.45, 7) is 4.21. The smallest absolute Gasteiger partial charge is 0.336 e. The number of hydrogen-bond acceptors (Lipinski definition) is 3. The van der Waals surface area contributed by atoms with E-state index in [0.29, 0.717) is 18.7 Å². The van der Waals surface area contributed by atoms with Crippen molar-refractivity contribution in [1.82, 2.24) is 15.1 Å². The number of nitrogens with one attached hydrogen (secondary N) is 1. The van der Waals surface area contributed by atoms with Crippen molar-refractivity contribution in [1.29, 1.82) is 0 Å². The molecule has 1 aromatic carbocycles. The molecule has 0 aliphatic rings. The standard InChI is InChI=1S/C15H19N3O2/c1-2-9-18-13(7-8-17-18)11-16-10-12-5-3-4-6-14(12)15(19)20/h3-8,16H,2,9-11H2,1H3,(H,19,20). The quantitative estimate of drug-likeness (QED) is 0.812. The Bertz CT molecular complexity index is 578. The van der Waals surface area contributed by atoms with Crippen LogP contribution >= 0.6 is 0 Å². The molecule has 0 atom stereocenters. The molecule has 0 amide bonds. The highest BCUT2D eigenvalue weighted by Gasteiger charge is 2.08. The molecule has 0 saturated heterocycles. The fourth-order valence-corrected chi connectivity index (χ4v) is 2.13. The summed E-state index contributed by atoms with van der Waals surface area (Å²) in [6, 6.07) is 9.03. The molecule has 20 heavy (non-hydrogen) atoms. The van der Waals surface area contributed by atoms with Crippen LogP contribution in [-0.2, 0) is 19.6 Å². The number of aromatic nitrogens is 2. The summed E-state index contributed by atoms with van der Waals surface area (Å²) < 4.78 is 1.97. The Labute approximate surface area is 118 Å². The summed E-state index contributed by atoms with van der Waals surface area (Å²) in [5.74, 6) is -0.890. The van der Waals surface area contributed by atoms with Crippen LogP contribution in [0.2, 0.25) is 0 Å². The zero-order chi connectivity index (χ0) is 14.4. The fraction of sp³-hybridized carbons (Fsp3) is 0.333. The Morgan fingerprint density at radius 2 is 2.10 bits per heavy atom. The molecule has 2 N–H and O–H groups in total. The lowest BCUT2D eigenvalue weighted by Crippen LogP contribution is -2.18. The monoisotopic (exact) mass is 273 g/mol. The predicted molar refractivity (Wildman–Crippen MR) is 76.5 cm³/mol. The van der Waals surface area contributed by atoms with E-state index < -0.39 is 5.97 Å². The highest BCUT2D eigenvalue weighted by Crippen LogP contribution is 2.09. The lowest BCUT2D eigenvalue weighted by molar-refractivity contribution is 0.0695. The summed E-state index contributed by atoms with van der Waals surface area (Å²) in [5, 5.41) is 16.7. The van der Waals surface area contributed by atoms with Gasteiger partial charge in [0.2, 0.25) is 0 Å². The molecule has 0 aliphatic heterocycles. The van der Waals surface area contributed by atoms with E-state index in [1.54, 1.807) is 18.3 Å². The van der Waals surface area contributed by atoms with E-state index >= 15 is 0 Å². The molecule has 2 aromatic rings. The van der Waals surface area contributed by atoms with Crippen LogP contribution < -0.4 is 5.32 Å². The minimum absolute atomic E-state index is 0.349. The number of carboxylic acids is 1. The molecule has 0 spiro atoms. The second kappa shape index (κ2) is 6.86. The Morgan fingerprint density at radius 3 is 2.85 bits per heavy atom. The maximum Gasteiger partial charge on any atom is 0.336 e. The second-order valence-electron chi connectivity index (χ2n) is 4.61. The molecule has 0 aliphatic carbocycles. The molecular weight excluding hydrogens is 254 g/mol. The lowest BCUT2D eigenvalue weighted by Gasteiger charge is -2.09. The van der Waals surface area contributed by atoms with Gasteiger partial charge in [0.15, 0.2) is 0 Å². The van der Waals surface area contributed by atoms with Gasteiger partial charge in [0, 0.05) is 25.8 Å². The zero-order valence-corrected chi connectivity index (χ0v) is 11.5. The van der Waals surface area contributed by atoms with Crippen molar-refractivity contribution in [3.8, 4) is 0 Å². The molecule has 2 rings (SSSR count). The van der Waals surface area contributed by atoms with Crippen LogP contribution in [0.1, 0.15) is 35.0 Å². The van der Waals surface area contributed by atoms with E-state index in [-0.39, 0.29) is 0 Å². The Balaban J connectivity index is 1.96. The highest BCUT2D eigenvalue weighted by atomic mass is 16.4. The van der Waals surface area contributed by atoms with Gasteiger partial charge < -0.3 is 10.4 Å². The number of rotatable bonds is 7. The number of aromatic carboxylic acids is 1. The molecule has 1 aromatic heterocycles. The molecule has 0 radical (unpaired) electrons. The summed E-state index contributed by atoms with van der Waals surface area (Å²) in [5.41, 5.74) is 2.25. The molecule has 0 bridgehead atoms. The highest BCUT2D eigenvalue weighted by molar-refractivity contribution is 5.89. The molecule has 5 nitrogen and oxygen atoms in total. The number of carbonyl (C=O) groups is 1. The lowest BCUT2D eigenvalue weighted by atomic mass is 10.1. The van der Waals surface area contributed by atoms with Gasteiger partial charge in [0.1, 0.15) is 0 Å². The van der Waals surface area contributed by atoms with Crippen molar-refractivity contribution in [3.63, 3.8) is 0 Å². The van der Waals surface area contributed by atoms with E-state index in [4.69, 9.17) is 5.11 Å². The van der Waals surface area contributed by atoms with Crippen LogP contribution in [0.4, 0.5) is 0 Å². The van der Waals surface area contributed by atoms with Crippen LogP contribution in [0, 0.1) is 0 Å². The van der Waals surface area contributed by atoms with Gasteiger partial charge in [-0.15, -0.1) is 0 Å². The Hall–Kier alpha value is -2.14. The van der Waals surface area contributed by atoms with Gasteiger partial charge in [-0.05, 0) is 24.1 Å². The third kappa shape index (κ3) is 3.45. The van der Waals surface area contributed by atoms with Crippen molar-refractivity contribution < 1.29 is 9.90 Å². The van der Waals surface area contributed by atoms with Crippen LogP contribution in [0.5, 0.6) is 0 Å². The van der Waals surface area contributed by atoms with Gasteiger partial charge in [-0.25, -0.2) is 4.79 Å². The van der Waals surface area contributed by atoms with Crippen LogP contribution in [0.25, 0.3) is 0 Å². The second-order valence-corrected chi connectivity index (χ2v) is 4.61. The van der Waals surface area contributed by atoms with E-state index in [1.807, 2.05) is 22.9 Å². The van der Waals surface area contributed by atoms with E-state index in [9.17, 15) is 4.79 Å². The van der Waals surface area contributed by atoms with E-state index in [2.05, 4.69) is 17.3 Å². The topological polar surface area (TPSA) is 67.2 Å². The largest absolute Gasteiger partial charge is 0.478 e. The van der Waals surface area contributed by atoms with Crippen LogP contribution in [-0.4, -0.2) is 20.9 Å². The van der Waals surface area contributed by atoms with Crippen LogP contribution in [0.3, 0.4) is 0 Å². The first-order valence-corrected chi connectivity index (χ1v) is 6.75. The van der Waals surface area contributed by atoms with Crippen molar-refractivity contribution in [3.05, 3.63) is 53.3 Å². The molecule has 5 heteroatoms. The molecule has 106 valence electrons. The number of nitrogens with zero attached hydrogens (tertiary/aromatic N) is 2. The Morgan fingerprint density at radius 1 is 1.30 bits per heavy atom. The van der Waals surface area contributed by atoms with Gasteiger partial charge in [-0.1, -0.05) is 25.1 Å². The fourth-order valence-electron chi connectivity index (χ4n) is 2.13. The average molecular weight is 273 g/mol. The summed E-state index contributed by atoms with van der Waals surface area (Å²) in [7, 11) is 0. The van der Waals surface area contributed by atoms with Gasteiger partial charge >= 0.3 is 5.97 Å². The minimum Gasteiger partial charge on any atom is -0.478 e. The average Bonchev–Trinajstić information content (AvgIpc) is 2.87. The molecular formula is C15H19N3O2. The molecule has 0 saturated carbocycles. The number of carboxylic acid groups (broad SMARTS) is 1. The first-order chi connectivity index (χ1) is 9.72. The Kier molecular flexibility index (Phi) is 4.90. The SMILES string of the molecule is CCCn1nccc1CNCc1ccccc1C(=O)O. The first kappa shape index (κ1) is 14.3. The predicted octanol–water partition coefficient (Wildman–Crippen LogP) is 2.28. The summed E-state index contributed by atoms with van der Waals surface area (Å²) in [6.07, 6.45) is 2.83. The normalized spacial score (nSPS) is 10.7. The van der Waals surface area contributed by atoms with Crippen molar-refractivity contribution in [2.75, 3.05) is 0 Å². The minimum atomic E-state index is -0.890. The maximum absolute atomic E-state index is 11.1. The molecule has 0 fully saturated rings. The summed E-state index contributed by atoms with van der Waals surface area (Å²) >= 11 is 0. The van der Waals surface area contributed by atoms with Gasteiger partial charge in [0.05, 0.1) is 11.3 Å². The number of hydrogen-bond donors (Lipinski definition) is 2. The third-order valence-electron chi connectivity index (χ3n) is 3.11. The first-order valence-electron chi connectivity index (χ1n) is 6.75. The third-order valence-corrected chi connectivity index (χ3v) is 3.11. The van der Waals surface area contributed by atoms with Gasteiger partial charge in [-0.3, -0.25) is 4.68 Å². The van der Waals surface area contributed by atoms with Crippen molar-refractivity contribution >= 4 is 5.97 Å². The van der Waals surface area contributed by atoms with Gasteiger partial charge in [0.25, 0.3) is 0 Å². The van der Waals surface area contributed by atoms with Crippen LogP contribution in [0.15, 0.2) is 36.5 Å². The van der Waals surface area contributed by atoms with Gasteiger partial charge in [-0.2, -0.15) is 5.10 Å². The summed E-state index contributed by atoms with van der Waals surface area (Å²) in [4.78, 5) is 11.1. The maximum atomic E-state index is 11.1. The number of benzene rings is 1. The van der Waals surface area contributed by atoms with E-state index in [1.165, 1.54) is 0 Å². The van der Waals surface area contributed by atoms with Crippen molar-refractivity contribution in [2.24, 2.45) is 0 Å². The number of aryl methyl sites for hydroxylation is 1. The molecule has 0 unspecified atom stereocenters. The van der Waals surface area contributed by atoms with E-state index in [0.717, 1.165) is 24.2 Å². The van der Waals surface area contributed by atoms with Crippen molar-refractivity contribution in [2.45, 2.75) is 33.0 Å². The molecule has 1 heterocycles.